The van der Waals surface area contributed by atoms with Gasteiger partial charge >= 0.3 is 0 Å². The van der Waals surface area contributed by atoms with Crippen LogP contribution in [-0.4, -0.2) is 53.8 Å². The Morgan fingerprint density at radius 1 is 1.16 bits per heavy atom. The van der Waals surface area contributed by atoms with Crippen LogP contribution in [0.3, 0.4) is 0 Å². The molecule has 1 saturated carbocycles. The van der Waals surface area contributed by atoms with Crippen molar-refractivity contribution in [3.63, 3.8) is 0 Å². The van der Waals surface area contributed by atoms with Gasteiger partial charge < -0.3 is 15.5 Å². The van der Waals surface area contributed by atoms with E-state index in [4.69, 9.17) is 5.73 Å². The summed E-state index contributed by atoms with van der Waals surface area (Å²) in [6, 6.07) is -0.407. The Morgan fingerprint density at radius 2 is 1.68 bits per heavy atom. The average molecular weight is 267 g/mol. The molecule has 0 radical (unpaired) electrons. The summed E-state index contributed by atoms with van der Waals surface area (Å²) in [4.78, 5) is 27.9. The van der Waals surface area contributed by atoms with E-state index in [1.165, 1.54) is 0 Å². The highest BCUT2D eigenvalue weighted by Crippen LogP contribution is 2.31. The number of nitrogens with two attached hydrogens (primary N) is 1. The molecule has 1 aliphatic heterocycles. The van der Waals surface area contributed by atoms with Gasteiger partial charge in [0.1, 0.15) is 0 Å². The average Bonchev–Trinajstić information content (AvgIpc) is 3.28. The van der Waals surface area contributed by atoms with E-state index in [0.717, 1.165) is 19.3 Å². The third-order valence-electron chi connectivity index (χ3n) is 4.37. The van der Waals surface area contributed by atoms with E-state index < -0.39 is 6.04 Å². The third kappa shape index (κ3) is 3.26. The van der Waals surface area contributed by atoms with Crippen molar-refractivity contribution in [2.45, 2.75) is 39.2 Å². The monoisotopic (exact) mass is 267 g/mol. The summed E-state index contributed by atoms with van der Waals surface area (Å²) < 4.78 is 0. The van der Waals surface area contributed by atoms with Gasteiger partial charge in [-0.25, -0.2) is 0 Å². The molecule has 0 aromatic carbocycles. The van der Waals surface area contributed by atoms with Gasteiger partial charge in [-0.3, -0.25) is 9.59 Å². The van der Waals surface area contributed by atoms with Crippen molar-refractivity contribution in [3.05, 3.63) is 0 Å². The number of hydrogen-bond acceptors (Lipinski definition) is 3. The minimum atomic E-state index is -0.407. The Bertz CT molecular complexity index is 347. The highest BCUT2D eigenvalue weighted by molar-refractivity contribution is 5.83. The van der Waals surface area contributed by atoms with Gasteiger partial charge in [0, 0.05) is 32.1 Å². The fourth-order valence-electron chi connectivity index (χ4n) is 2.44. The minimum absolute atomic E-state index is 0.0351. The Kier molecular flexibility index (Phi) is 4.45. The lowest BCUT2D eigenvalue weighted by molar-refractivity contribution is -0.141. The first-order valence-electron chi connectivity index (χ1n) is 7.37. The van der Waals surface area contributed by atoms with Gasteiger partial charge in [-0.1, -0.05) is 20.3 Å². The minimum Gasteiger partial charge on any atom is -0.339 e. The molecule has 19 heavy (non-hydrogen) atoms. The highest BCUT2D eigenvalue weighted by Gasteiger charge is 2.35. The molecule has 1 heterocycles. The summed E-state index contributed by atoms with van der Waals surface area (Å²) in [7, 11) is 0. The molecule has 2 fully saturated rings. The lowest BCUT2D eigenvalue weighted by Gasteiger charge is -2.36. The molecule has 2 atom stereocenters. The predicted octanol–water partition coefficient (Wildman–Crippen LogP) is 0.441. The fourth-order valence-corrected chi connectivity index (χ4v) is 2.44. The summed E-state index contributed by atoms with van der Waals surface area (Å²) >= 11 is 0. The van der Waals surface area contributed by atoms with Gasteiger partial charge in [-0.05, 0) is 18.8 Å². The van der Waals surface area contributed by atoms with Gasteiger partial charge in [0.05, 0.1) is 6.04 Å². The molecule has 1 aliphatic carbocycles. The van der Waals surface area contributed by atoms with Crippen molar-refractivity contribution in [2.75, 3.05) is 26.2 Å². The molecule has 1 saturated heterocycles. The predicted molar refractivity (Wildman–Crippen MR) is 73.3 cm³/mol. The van der Waals surface area contributed by atoms with Crippen molar-refractivity contribution >= 4 is 11.8 Å². The molecule has 2 rings (SSSR count). The number of hydrogen-bond donors (Lipinski definition) is 1. The van der Waals surface area contributed by atoms with Gasteiger partial charge in [-0.15, -0.1) is 0 Å². The van der Waals surface area contributed by atoms with E-state index in [1.807, 2.05) is 23.6 Å². The molecular formula is C14H25N3O2. The van der Waals surface area contributed by atoms with Crippen LogP contribution in [0, 0.1) is 11.8 Å². The Hall–Kier alpha value is -1.10. The van der Waals surface area contributed by atoms with Crippen LogP contribution in [0.25, 0.3) is 0 Å². The molecule has 0 aromatic rings. The molecule has 5 heteroatoms. The van der Waals surface area contributed by atoms with E-state index in [0.29, 0.717) is 26.2 Å². The van der Waals surface area contributed by atoms with E-state index >= 15 is 0 Å². The summed E-state index contributed by atoms with van der Waals surface area (Å²) in [6.07, 6.45) is 2.99. The lowest BCUT2D eigenvalue weighted by Crippen LogP contribution is -2.55. The zero-order valence-corrected chi connectivity index (χ0v) is 12.0. The van der Waals surface area contributed by atoms with Crippen molar-refractivity contribution in [1.29, 1.82) is 0 Å². The second kappa shape index (κ2) is 5.90. The standard InChI is InChI=1S/C14H25N3O2/c1-3-10(2)12(15)14(19)17-8-6-16(7-9-17)13(18)11-4-5-11/h10-12H,3-9,15H2,1-2H3. The van der Waals surface area contributed by atoms with Crippen molar-refractivity contribution in [1.82, 2.24) is 9.80 Å². The van der Waals surface area contributed by atoms with Gasteiger partial charge in [0.25, 0.3) is 0 Å². The summed E-state index contributed by atoms with van der Waals surface area (Å²) in [5.41, 5.74) is 5.98. The Morgan fingerprint density at radius 3 is 2.16 bits per heavy atom. The van der Waals surface area contributed by atoms with Gasteiger partial charge in [-0.2, -0.15) is 0 Å². The summed E-state index contributed by atoms with van der Waals surface area (Å²) in [5, 5.41) is 0. The first-order chi connectivity index (χ1) is 9.04. The maximum atomic E-state index is 12.2. The number of carbonyl (C=O) groups is 2. The SMILES string of the molecule is CCC(C)C(N)C(=O)N1CCN(C(=O)C2CC2)CC1. The lowest BCUT2D eigenvalue weighted by atomic mass is 9.98. The van der Waals surface area contributed by atoms with Crippen LogP contribution in [0.1, 0.15) is 33.1 Å². The van der Waals surface area contributed by atoms with Crippen LogP contribution in [0.5, 0.6) is 0 Å². The molecule has 0 bridgehead atoms. The smallest absolute Gasteiger partial charge is 0.239 e. The highest BCUT2D eigenvalue weighted by atomic mass is 16.2. The quantitative estimate of drug-likeness (QED) is 0.804. The first kappa shape index (κ1) is 14.3. The number of rotatable bonds is 4. The van der Waals surface area contributed by atoms with Crippen molar-refractivity contribution in [3.8, 4) is 0 Å². The number of nitrogens with zero attached hydrogens (tertiary/aromatic N) is 2. The second-order valence-electron chi connectivity index (χ2n) is 5.84. The van der Waals surface area contributed by atoms with Crippen LogP contribution < -0.4 is 5.73 Å². The first-order valence-corrected chi connectivity index (χ1v) is 7.37. The molecular weight excluding hydrogens is 242 g/mol. The Balaban J connectivity index is 1.82. The number of piperazine rings is 1. The second-order valence-corrected chi connectivity index (χ2v) is 5.84. The normalized spacial score (nSPS) is 23.1. The van der Waals surface area contributed by atoms with Crippen molar-refractivity contribution < 1.29 is 9.59 Å². The van der Waals surface area contributed by atoms with Crippen LogP contribution in [0.15, 0.2) is 0 Å². The third-order valence-corrected chi connectivity index (χ3v) is 4.37. The van der Waals surface area contributed by atoms with E-state index in [-0.39, 0.29) is 23.7 Å². The zero-order valence-electron chi connectivity index (χ0n) is 12.0. The number of carbonyl (C=O) groups excluding carboxylic acids is 2. The van der Waals surface area contributed by atoms with E-state index in [9.17, 15) is 9.59 Å². The molecule has 2 amide bonds. The fraction of sp³-hybridized carbons (Fsp3) is 0.857. The molecule has 0 spiro atoms. The summed E-state index contributed by atoms with van der Waals surface area (Å²) in [6.45, 7) is 6.63. The van der Waals surface area contributed by atoms with Crippen LogP contribution in [-0.2, 0) is 9.59 Å². The molecule has 2 N–H and O–H groups in total. The van der Waals surface area contributed by atoms with E-state index in [1.54, 1.807) is 0 Å². The van der Waals surface area contributed by atoms with E-state index in [2.05, 4.69) is 0 Å². The van der Waals surface area contributed by atoms with Crippen LogP contribution in [0.4, 0.5) is 0 Å². The molecule has 0 aromatic heterocycles. The van der Waals surface area contributed by atoms with Crippen molar-refractivity contribution in [2.24, 2.45) is 17.6 Å². The van der Waals surface area contributed by atoms with Crippen LogP contribution in [0.2, 0.25) is 0 Å². The number of amides is 2. The molecule has 5 nitrogen and oxygen atoms in total. The summed E-state index contributed by atoms with van der Waals surface area (Å²) in [5.74, 6) is 0.787. The zero-order chi connectivity index (χ0) is 14.0. The van der Waals surface area contributed by atoms with Gasteiger partial charge in [0.2, 0.25) is 11.8 Å². The largest absolute Gasteiger partial charge is 0.339 e. The maximum Gasteiger partial charge on any atom is 0.239 e. The topological polar surface area (TPSA) is 66.6 Å². The van der Waals surface area contributed by atoms with Gasteiger partial charge in [0.15, 0.2) is 0 Å². The molecule has 2 aliphatic rings. The molecule has 108 valence electrons. The maximum absolute atomic E-state index is 12.2. The van der Waals surface area contributed by atoms with Crippen LogP contribution >= 0.6 is 0 Å². The molecule has 2 unspecified atom stereocenters. The Labute approximate surface area is 115 Å².